The molecule has 1 heterocycles. The van der Waals surface area contributed by atoms with Crippen LogP contribution in [0.2, 0.25) is 0 Å². The quantitative estimate of drug-likeness (QED) is 0.227. The number of ketones is 1. The molecule has 1 aliphatic carbocycles. The number of fused-ring (bicyclic) bond motifs is 1. The molecule has 208 valence electrons. The molecule has 10 heteroatoms. The Labute approximate surface area is 231 Å². The van der Waals surface area contributed by atoms with Gasteiger partial charge in [-0.05, 0) is 67.6 Å². The fourth-order valence-corrected chi connectivity index (χ4v) is 5.38. The first-order valence-electron chi connectivity index (χ1n) is 13.2. The molecule has 0 saturated carbocycles. The highest BCUT2D eigenvalue weighted by Crippen LogP contribution is 2.47. The first-order chi connectivity index (χ1) is 19.3. The van der Waals surface area contributed by atoms with Gasteiger partial charge in [-0.1, -0.05) is 18.2 Å². The van der Waals surface area contributed by atoms with Crippen LogP contribution in [-0.4, -0.2) is 36.1 Å². The molecule has 3 N–H and O–H groups in total. The van der Waals surface area contributed by atoms with Gasteiger partial charge in [0.05, 0.1) is 42.7 Å². The fraction of sp³-hybridized carbons (Fsp3) is 0.300. The second-order valence-electron chi connectivity index (χ2n) is 9.59. The van der Waals surface area contributed by atoms with Gasteiger partial charge in [-0.15, -0.1) is 0 Å². The molecule has 5 rings (SSSR count). The van der Waals surface area contributed by atoms with Crippen LogP contribution in [-0.2, 0) is 4.79 Å². The minimum atomic E-state index is -0.715. The van der Waals surface area contributed by atoms with Crippen LogP contribution in [0.3, 0.4) is 0 Å². The van der Waals surface area contributed by atoms with Crippen LogP contribution < -0.4 is 24.8 Å². The summed E-state index contributed by atoms with van der Waals surface area (Å²) in [6.45, 7) is 4.34. The fourth-order valence-electron chi connectivity index (χ4n) is 5.38. The predicted octanol–water partition coefficient (Wildman–Crippen LogP) is 6.09. The van der Waals surface area contributed by atoms with E-state index < -0.39 is 22.4 Å². The van der Waals surface area contributed by atoms with Crippen molar-refractivity contribution in [2.24, 2.45) is 0 Å². The third kappa shape index (κ3) is 5.00. The van der Waals surface area contributed by atoms with Crippen LogP contribution in [0.25, 0.3) is 0 Å². The maximum atomic E-state index is 13.9. The van der Waals surface area contributed by atoms with E-state index >= 15 is 0 Å². The molecule has 3 aromatic carbocycles. The Morgan fingerprint density at radius 2 is 1.65 bits per heavy atom. The summed E-state index contributed by atoms with van der Waals surface area (Å²) in [5, 5.41) is 29.2. The molecule has 0 fully saturated rings. The van der Waals surface area contributed by atoms with Crippen molar-refractivity contribution in [2.45, 2.75) is 38.6 Å². The third-order valence-corrected chi connectivity index (χ3v) is 7.17. The number of para-hydroxylation sites is 2. The second kappa shape index (κ2) is 11.2. The Bertz CT molecular complexity index is 1500. The minimum Gasteiger partial charge on any atom is -0.500 e. The predicted molar refractivity (Wildman–Crippen MR) is 151 cm³/mol. The number of benzene rings is 3. The van der Waals surface area contributed by atoms with Crippen LogP contribution in [0.5, 0.6) is 23.0 Å². The number of rotatable bonds is 8. The van der Waals surface area contributed by atoms with Crippen molar-refractivity contribution < 1.29 is 29.0 Å². The van der Waals surface area contributed by atoms with Crippen molar-refractivity contribution in [1.82, 2.24) is 0 Å². The van der Waals surface area contributed by atoms with Crippen LogP contribution in [0.4, 0.5) is 17.1 Å². The first kappa shape index (κ1) is 26.9. The first-order valence-corrected chi connectivity index (χ1v) is 13.2. The third-order valence-electron chi connectivity index (χ3n) is 7.17. The largest absolute Gasteiger partial charge is 0.500 e. The molecule has 0 unspecified atom stereocenters. The Morgan fingerprint density at radius 1 is 0.950 bits per heavy atom. The highest BCUT2D eigenvalue weighted by atomic mass is 16.6. The van der Waals surface area contributed by atoms with Gasteiger partial charge in [-0.2, -0.15) is 0 Å². The number of nitro benzene ring substituents is 1. The summed E-state index contributed by atoms with van der Waals surface area (Å²) < 4.78 is 16.7. The lowest BCUT2D eigenvalue weighted by Gasteiger charge is -2.30. The molecule has 1 aliphatic heterocycles. The molecule has 40 heavy (non-hydrogen) atoms. The van der Waals surface area contributed by atoms with Crippen molar-refractivity contribution in [3.05, 3.63) is 87.1 Å². The molecule has 2 atom stereocenters. The zero-order valence-corrected chi connectivity index (χ0v) is 22.5. The molecule has 10 nitrogen and oxygen atoms in total. The molecule has 0 radical (unpaired) electrons. The molecule has 0 bridgehead atoms. The number of nitrogens with zero attached hydrogens (tertiary/aromatic N) is 1. The molecule has 0 amide bonds. The summed E-state index contributed by atoms with van der Waals surface area (Å²) in [5.74, 6) is 0.471. The highest BCUT2D eigenvalue weighted by molar-refractivity contribution is 6.01. The van der Waals surface area contributed by atoms with E-state index in [1.165, 1.54) is 6.07 Å². The van der Waals surface area contributed by atoms with E-state index in [1.807, 2.05) is 49.4 Å². The van der Waals surface area contributed by atoms with Gasteiger partial charge in [0, 0.05) is 23.8 Å². The van der Waals surface area contributed by atoms with E-state index in [9.17, 15) is 20.0 Å². The summed E-state index contributed by atoms with van der Waals surface area (Å²) in [6, 6.07) is 15.4. The van der Waals surface area contributed by atoms with Crippen molar-refractivity contribution in [2.75, 3.05) is 31.0 Å². The Morgan fingerprint density at radius 3 is 2.35 bits per heavy atom. The van der Waals surface area contributed by atoms with Gasteiger partial charge in [0.25, 0.3) is 0 Å². The summed E-state index contributed by atoms with van der Waals surface area (Å²) >= 11 is 0. The van der Waals surface area contributed by atoms with E-state index in [4.69, 9.17) is 14.2 Å². The van der Waals surface area contributed by atoms with Gasteiger partial charge in [-0.25, -0.2) is 0 Å². The molecular weight excluding hydrogens is 514 g/mol. The number of hydrogen-bond donors (Lipinski definition) is 3. The molecule has 2 aliphatic rings. The Hall–Kier alpha value is -4.73. The molecule has 0 spiro atoms. The number of carbonyl (C=O) groups excluding carboxylic acids is 1. The number of phenolic OH excluding ortho intramolecular Hbond substituents is 1. The van der Waals surface area contributed by atoms with Gasteiger partial charge in [0.2, 0.25) is 5.75 Å². The van der Waals surface area contributed by atoms with Crippen LogP contribution in [0.1, 0.15) is 49.8 Å². The standard InChI is InChI=1S/C30H31N3O7/c1-4-39-25-11-10-17(15-26(25)38-3)18-12-22-28(24(34)14-18)29(32-21-9-7-6-8-20(21)31-22)19-13-23(33(36)37)30(35)27(16-19)40-5-2/h6-11,13,15-16,18,29,31-32,35H,4-5,12,14H2,1-3H3/t18-,29+/m1/s1. The van der Waals surface area contributed by atoms with Crippen LogP contribution in [0.15, 0.2) is 65.9 Å². The number of allylic oxidation sites excluding steroid dienone is 1. The Balaban J connectivity index is 1.62. The van der Waals surface area contributed by atoms with Crippen molar-refractivity contribution in [3.63, 3.8) is 0 Å². The molecule has 0 aromatic heterocycles. The number of anilines is 2. The number of aromatic hydroxyl groups is 1. The lowest BCUT2D eigenvalue weighted by molar-refractivity contribution is -0.386. The number of Topliss-reactive ketones (excluding diaryl/α,β-unsaturated/α-hetero) is 1. The van der Waals surface area contributed by atoms with Gasteiger partial charge >= 0.3 is 5.69 Å². The van der Waals surface area contributed by atoms with Crippen molar-refractivity contribution >= 4 is 22.8 Å². The van der Waals surface area contributed by atoms with E-state index in [2.05, 4.69) is 10.6 Å². The van der Waals surface area contributed by atoms with E-state index in [0.29, 0.717) is 35.7 Å². The van der Waals surface area contributed by atoms with Gasteiger partial charge < -0.3 is 30.0 Å². The number of phenols is 1. The average molecular weight is 546 g/mol. The SMILES string of the molecule is CCOc1ccc([C@H]2CC(=O)C3=C(C2)Nc2ccccc2N[C@H]3c2cc(OCC)c(O)c([N+](=O)[O-])c2)cc1OC. The smallest absolute Gasteiger partial charge is 0.315 e. The van der Waals surface area contributed by atoms with Gasteiger partial charge in [0.1, 0.15) is 0 Å². The average Bonchev–Trinajstić information content (AvgIpc) is 3.11. The summed E-state index contributed by atoms with van der Waals surface area (Å²) in [6.07, 6.45) is 0.772. The van der Waals surface area contributed by atoms with E-state index in [1.54, 1.807) is 20.1 Å². The molecule has 0 saturated heterocycles. The maximum Gasteiger partial charge on any atom is 0.315 e. The molecular formula is C30H31N3O7. The molecule has 3 aromatic rings. The topological polar surface area (TPSA) is 132 Å². The maximum absolute atomic E-state index is 13.9. The number of nitro groups is 1. The number of ether oxygens (including phenoxy) is 3. The zero-order chi connectivity index (χ0) is 28.4. The van der Waals surface area contributed by atoms with Crippen LogP contribution >= 0.6 is 0 Å². The number of hydrogen-bond acceptors (Lipinski definition) is 9. The highest BCUT2D eigenvalue weighted by Gasteiger charge is 2.37. The summed E-state index contributed by atoms with van der Waals surface area (Å²) in [5.41, 5.74) is 3.64. The van der Waals surface area contributed by atoms with E-state index in [0.717, 1.165) is 22.6 Å². The summed E-state index contributed by atoms with van der Waals surface area (Å²) in [4.78, 5) is 25.1. The second-order valence-corrected chi connectivity index (χ2v) is 9.59. The monoisotopic (exact) mass is 545 g/mol. The Kier molecular flexibility index (Phi) is 7.50. The lowest BCUT2D eigenvalue weighted by atomic mass is 9.78. The van der Waals surface area contributed by atoms with Crippen molar-refractivity contribution in [3.8, 4) is 23.0 Å². The van der Waals surface area contributed by atoms with Crippen LogP contribution in [0, 0.1) is 10.1 Å². The van der Waals surface area contributed by atoms with E-state index in [-0.39, 0.29) is 30.5 Å². The van der Waals surface area contributed by atoms with Gasteiger partial charge in [0.15, 0.2) is 23.0 Å². The number of carbonyl (C=O) groups is 1. The summed E-state index contributed by atoms with van der Waals surface area (Å²) in [7, 11) is 1.59. The number of nitrogens with one attached hydrogen (secondary N) is 2. The van der Waals surface area contributed by atoms with Crippen molar-refractivity contribution in [1.29, 1.82) is 0 Å². The normalized spacial score (nSPS) is 18.0. The minimum absolute atomic E-state index is 0.0104. The zero-order valence-electron chi connectivity index (χ0n) is 22.5. The van der Waals surface area contributed by atoms with Gasteiger partial charge in [-0.3, -0.25) is 14.9 Å². The lowest BCUT2D eigenvalue weighted by Crippen LogP contribution is -2.27. The number of methoxy groups -OCH3 is 1.